The van der Waals surface area contributed by atoms with Gasteiger partial charge in [-0.15, -0.1) is 13.2 Å². The van der Waals surface area contributed by atoms with E-state index in [9.17, 15) is 10.2 Å². The molecule has 0 aliphatic carbocycles. The Balaban J connectivity index is 3.70. The Hall–Kier alpha value is -0.600. The van der Waals surface area contributed by atoms with E-state index in [1.807, 2.05) is 12.2 Å². The molecule has 0 amide bonds. The molecule has 0 aromatic carbocycles. The average Bonchev–Trinajstić information content (AvgIpc) is 2.66. The highest BCUT2D eigenvalue weighted by Gasteiger charge is 2.19. The molecule has 0 aliphatic heterocycles. The summed E-state index contributed by atoms with van der Waals surface area (Å²) in [6.45, 7) is 7.98. The molecule has 0 aromatic rings. The van der Waals surface area contributed by atoms with Crippen LogP contribution < -0.4 is 0 Å². The molecule has 0 radical (unpaired) electrons. The first kappa shape index (κ1) is 25.4. The summed E-state index contributed by atoms with van der Waals surface area (Å²) >= 11 is 0. The molecular weight excluding hydrogens is 320 g/mol. The van der Waals surface area contributed by atoms with Gasteiger partial charge in [-0.2, -0.15) is 0 Å². The molecular formula is C24H46O2. The number of unbranched alkanes of at least 4 members (excludes halogenated alkanes) is 12. The molecule has 0 saturated heterocycles. The van der Waals surface area contributed by atoms with Gasteiger partial charge in [0.15, 0.2) is 0 Å². The SMILES string of the molecule is C=CCCCCCCCCC(CO)C(CO)CCCCCCCCC=C. The van der Waals surface area contributed by atoms with Crippen molar-refractivity contribution in [3.63, 3.8) is 0 Å². The van der Waals surface area contributed by atoms with Gasteiger partial charge in [-0.3, -0.25) is 0 Å². The minimum Gasteiger partial charge on any atom is -0.396 e. The zero-order chi connectivity index (χ0) is 19.3. The highest BCUT2D eigenvalue weighted by Crippen LogP contribution is 2.24. The van der Waals surface area contributed by atoms with E-state index in [0.29, 0.717) is 0 Å². The van der Waals surface area contributed by atoms with Crippen LogP contribution in [0.25, 0.3) is 0 Å². The molecule has 26 heavy (non-hydrogen) atoms. The van der Waals surface area contributed by atoms with Crippen molar-refractivity contribution in [1.29, 1.82) is 0 Å². The maximum absolute atomic E-state index is 9.72. The standard InChI is InChI=1S/C24H46O2/c1-3-5-7-9-11-13-15-17-19-23(21-25)24(22-26)20-18-16-14-12-10-8-6-4-2/h3-4,23-26H,1-2,5-22H2. The van der Waals surface area contributed by atoms with Crippen LogP contribution in [0.4, 0.5) is 0 Å². The molecule has 2 heteroatoms. The molecule has 2 N–H and O–H groups in total. The van der Waals surface area contributed by atoms with E-state index in [2.05, 4.69) is 13.2 Å². The van der Waals surface area contributed by atoms with Crippen molar-refractivity contribution in [2.24, 2.45) is 11.8 Å². The lowest BCUT2D eigenvalue weighted by atomic mass is 9.85. The number of aliphatic hydroxyl groups excluding tert-OH is 2. The highest BCUT2D eigenvalue weighted by atomic mass is 16.3. The van der Waals surface area contributed by atoms with Crippen molar-refractivity contribution in [3.8, 4) is 0 Å². The molecule has 2 nitrogen and oxygen atoms in total. The van der Waals surface area contributed by atoms with Crippen molar-refractivity contribution in [2.75, 3.05) is 13.2 Å². The Labute approximate surface area is 163 Å². The monoisotopic (exact) mass is 366 g/mol. The first-order valence-electron chi connectivity index (χ1n) is 11.2. The summed E-state index contributed by atoms with van der Waals surface area (Å²) in [6, 6.07) is 0. The molecule has 0 spiro atoms. The summed E-state index contributed by atoms with van der Waals surface area (Å²) in [6.07, 6.45) is 23.7. The second kappa shape index (κ2) is 20.7. The summed E-state index contributed by atoms with van der Waals surface area (Å²) in [4.78, 5) is 0. The van der Waals surface area contributed by atoms with E-state index in [0.717, 1.165) is 25.7 Å². The van der Waals surface area contributed by atoms with Gasteiger partial charge in [0.25, 0.3) is 0 Å². The first-order chi connectivity index (χ1) is 12.8. The fourth-order valence-electron chi connectivity index (χ4n) is 3.76. The predicted molar refractivity (Wildman–Crippen MR) is 115 cm³/mol. The van der Waals surface area contributed by atoms with E-state index in [1.54, 1.807) is 0 Å². The molecule has 0 bridgehead atoms. The molecule has 2 unspecified atom stereocenters. The van der Waals surface area contributed by atoms with Crippen LogP contribution in [0, 0.1) is 11.8 Å². The van der Waals surface area contributed by atoms with Crippen LogP contribution in [0.3, 0.4) is 0 Å². The van der Waals surface area contributed by atoms with E-state index in [1.165, 1.54) is 77.0 Å². The normalized spacial score (nSPS) is 13.5. The van der Waals surface area contributed by atoms with Gasteiger partial charge >= 0.3 is 0 Å². The van der Waals surface area contributed by atoms with Crippen molar-refractivity contribution in [2.45, 2.75) is 103 Å². The van der Waals surface area contributed by atoms with Gasteiger partial charge in [-0.05, 0) is 50.4 Å². The number of aliphatic hydroxyl groups is 2. The fraction of sp³-hybridized carbons (Fsp3) is 0.833. The largest absolute Gasteiger partial charge is 0.396 e. The van der Waals surface area contributed by atoms with Crippen LogP contribution >= 0.6 is 0 Å². The molecule has 0 heterocycles. The number of allylic oxidation sites excluding steroid dienone is 2. The second-order valence-electron chi connectivity index (χ2n) is 7.86. The zero-order valence-corrected chi connectivity index (χ0v) is 17.3. The second-order valence-corrected chi connectivity index (χ2v) is 7.86. The average molecular weight is 367 g/mol. The van der Waals surface area contributed by atoms with Gasteiger partial charge in [-0.25, -0.2) is 0 Å². The molecule has 0 fully saturated rings. The summed E-state index contributed by atoms with van der Waals surface area (Å²) in [5, 5.41) is 19.4. The van der Waals surface area contributed by atoms with Gasteiger partial charge in [0, 0.05) is 13.2 Å². The third kappa shape index (κ3) is 15.6. The minimum atomic E-state index is 0.228. The Bertz CT molecular complexity index is 271. The Morgan fingerprint density at radius 1 is 0.500 bits per heavy atom. The van der Waals surface area contributed by atoms with E-state index >= 15 is 0 Å². The van der Waals surface area contributed by atoms with E-state index in [-0.39, 0.29) is 25.0 Å². The van der Waals surface area contributed by atoms with Crippen LogP contribution in [0.5, 0.6) is 0 Å². The Morgan fingerprint density at radius 2 is 0.808 bits per heavy atom. The quantitative estimate of drug-likeness (QED) is 0.173. The molecule has 0 aliphatic rings. The van der Waals surface area contributed by atoms with Crippen LogP contribution in [0.15, 0.2) is 25.3 Å². The Kier molecular flexibility index (Phi) is 20.2. The van der Waals surface area contributed by atoms with Crippen LogP contribution in [0.2, 0.25) is 0 Å². The summed E-state index contributed by atoms with van der Waals surface area (Å²) in [5.74, 6) is 0.571. The molecule has 154 valence electrons. The topological polar surface area (TPSA) is 40.5 Å². The van der Waals surface area contributed by atoms with Gasteiger partial charge in [-0.1, -0.05) is 76.4 Å². The molecule has 0 saturated carbocycles. The van der Waals surface area contributed by atoms with Crippen molar-refractivity contribution in [3.05, 3.63) is 25.3 Å². The van der Waals surface area contributed by atoms with Crippen molar-refractivity contribution >= 4 is 0 Å². The third-order valence-corrected chi connectivity index (χ3v) is 5.60. The van der Waals surface area contributed by atoms with Gasteiger partial charge < -0.3 is 10.2 Å². The first-order valence-corrected chi connectivity index (χ1v) is 11.2. The van der Waals surface area contributed by atoms with Crippen molar-refractivity contribution < 1.29 is 10.2 Å². The van der Waals surface area contributed by atoms with Crippen molar-refractivity contribution in [1.82, 2.24) is 0 Å². The van der Waals surface area contributed by atoms with E-state index in [4.69, 9.17) is 0 Å². The lowest BCUT2D eigenvalue weighted by Crippen LogP contribution is -2.22. The summed E-state index contributed by atoms with van der Waals surface area (Å²) < 4.78 is 0. The minimum absolute atomic E-state index is 0.228. The van der Waals surface area contributed by atoms with Crippen LogP contribution in [-0.4, -0.2) is 23.4 Å². The molecule has 0 rings (SSSR count). The number of hydrogen-bond acceptors (Lipinski definition) is 2. The lowest BCUT2D eigenvalue weighted by Gasteiger charge is -2.24. The van der Waals surface area contributed by atoms with Crippen LogP contribution in [0.1, 0.15) is 103 Å². The van der Waals surface area contributed by atoms with E-state index < -0.39 is 0 Å². The third-order valence-electron chi connectivity index (χ3n) is 5.60. The van der Waals surface area contributed by atoms with Gasteiger partial charge in [0.1, 0.15) is 0 Å². The number of rotatable bonds is 21. The Morgan fingerprint density at radius 3 is 1.12 bits per heavy atom. The maximum Gasteiger partial charge on any atom is 0.0462 e. The molecule has 0 aromatic heterocycles. The summed E-state index contributed by atoms with van der Waals surface area (Å²) in [7, 11) is 0. The zero-order valence-electron chi connectivity index (χ0n) is 17.3. The lowest BCUT2D eigenvalue weighted by molar-refractivity contribution is 0.104. The van der Waals surface area contributed by atoms with Gasteiger partial charge in [0.2, 0.25) is 0 Å². The predicted octanol–water partition coefficient (Wildman–Crippen LogP) is 6.82. The van der Waals surface area contributed by atoms with Gasteiger partial charge in [0.05, 0.1) is 0 Å². The highest BCUT2D eigenvalue weighted by molar-refractivity contribution is 4.70. The summed E-state index contributed by atoms with van der Waals surface area (Å²) in [5.41, 5.74) is 0. The van der Waals surface area contributed by atoms with Crippen LogP contribution in [-0.2, 0) is 0 Å². The fourth-order valence-corrected chi connectivity index (χ4v) is 3.76. The molecule has 2 atom stereocenters. The number of hydrogen-bond donors (Lipinski definition) is 2. The maximum atomic E-state index is 9.72. The smallest absolute Gasteiger partial charge is 0.0462 e.